The smallest absolute Gasteiger partial charge is 0.224 e. The Morgan fingerprint density at radius 3 is 2.55 bits per heavy atom. The first-order chi connectivity index (χ1) is 9.40. The van der Waals surface area contributed by atoms with Crippen LogP contribution in [0.15, 0.2) is 23.2 Å². The van der Waals surface area contributed by atoms with Crippen molar-refractivity contribution in [3.63, 3.8) is 0 Å². The topological polar surface area (TPSA) is 79.4 Å². The van der Waals surface area contributed by atoms with Crippen molar-refractivity contribution in [3.05, 3.63) is 18.3 Å². The van der Waals surface area contributed by atoms with E-state index >= 15 is 0 Å². The fraction of sp³-hybridized carbons (Fsp3) is 0.538. The first-order valence-electron chi connectivity index (χ1n) is 6.56. The van der Waals surface area contributed by atoms with Gasteiger partial charge in [-0.25, -0.2) is 13.4 Å². The van der Waals surface area contributed by atoms with Crippen LogP contribution in [0.1, 0.15) is 20.3 Å². The number of carbonyl (C=O) groups is 1. The lowest BCUT2D eigenvalue weighted by molar-refractivity contribution is -0.130. The summed E-state index contributed by atoms with van der Waals surface area (Å²) in [6.07, 6.45) is 2.96. The number of hydrogen-bond donors (Lipinski definition) is 1. The molecule has 1 rings (SSSR count). The summed E-state index contributed by atoms with van der Waals surface area (Å²) < 4.78 is 23.2. The molecule has 0 aliphatic heterocycles. The molecular weight excluding hydrogens is 278 g/mol. The molecule has 0 radical (unpaired) electrons. The highest BCUT2D eigenvalue weighted by Gasteiger charge is 2.14. The van der Waals surface area contributed by atoms with E-state index in [0.717, 1.165) is 6.26 Å². The second-order valence-electron chi connectivity index (χ2n) is 4.37. The molecule has 0 aliphatic carbocycles. The molecule has 112 valence electrons. The standard InChI is InChI=1S/C13H21N3O3S/c1-4-16(5-2)12(17)8-10-15-13-11(20(3,18)19)7-6-9-14-13/h6-7,9H,4-5,8,10H2,1-3H3,(H,14,15). The Morgan fingerprint density at radius 2 is 2.00 bits per heavy atom. The summed E-state index contributed by atoms with van der Waals surface area (Å²) in [6.45, 7) is 5.56. The Bertz CT molecular complexity index is 554. The van der Waals surface area contributed by atoms with Crippen molar-refractivity contribution in [3.8, 4) is 0 Å². The minimum absolute atomic E-state index is 0.0411. The van der Waals surface area contributed by atoms with Gasteiger partial charge < -0.3 is 10.2 Å². The summed E-state index contributed by atoms with van der Waals surface area (Å²) in [7, 11) is -3.33. The van der Waals surface area contributed by atoms with Gasteiger partial charge in [-0.2, -0.15) is 0 Å². The third-order valence-electron chi connectivity index (χ3n) is 2.92. The lowest BCUT2D eigenvalue weighted by atomic mass is 10.3. The van der Waals surface area contributed by atoms with Crippen molar-refractivity contribution in [2.24, 2.45) is 0 Å². The van der Waals surface area contributed by atoms with E-state index in [0.29, 0.717) is 31.9 Å². The van der Waals surface area contributed by atoms with Crippen molar-refractivity contribution in [1.82, 2.24) is 9.88 Å². The summed E-state index contributed by atoms with van der Waals surface area (Å²) in [6, 6.07) is 3.07. The van der Waals surface area contributed by atoms with Crippen LogP contribution in [-0.4, -0.2) is 50.1 Å². The van der Waals surface area contributed by atoms with Crippen molar-refractivity contribution >= 4 is 21.6 Å². The quantitative estimate of drug-likeness (QED) is 0.817. The van der Waals surface area contributed by atoms with Gasteiger partial charge in [-0.05, 0) is 26.0 Å². The monoisotopic (exact) mass is 299 g/mol. The van der Waals surface area contributed by atoms with E-state index in [1.165, 1.54) is 12.3 Å². The number of nitrogens with one attached hydrogen (secondary N) is 1. The summed E-state index contributed by atoms with van der Waals surface area (Å²) in [5.41, 5.74) is 0. The van der Waals surface area contributed by atoms with Crippen molar-refractivity contribution < 1.29 is 13.2 Å². The van der Waals surface area contributed by atoms with Gasteiger partial charge in [0.05, 0.1) is 0 Å². The molecule has 0 saturated carbocycles. The van der Waals surface area contributed by atoms with E-state index in [1.54, 1.807) is 11.0 Å². The molecule has 1 aromatic heterocycles. The Balaban J connectivity index is 2.66. The van der Waals surface area contributed by atoms with E-state index in [-0.39, 0.29) is 10.8 Å². The molecular formula is C13H21N3O3S. The van der Waals surface area contributed by atoms with Gasteiger partial charge in [0, 0.05) is 38.5 Å². The Hall–Kier alpha value is -1.63. The van der Waals surface area contributed by atoms with Gasteiger partial charge in [-0.1, -0.05) is 0 Å². The number of aromatic nitrogens is 1. The summed E-state index contributed by atoms with van der Waals surface area (Å²) in [5, 5.41) is 2.92. The average Bonchev–Trinajstić information content (AvgIpc) is 2.39. The van der Waals surface area contributed by atoms with Gasteiger partial charge >= 0.3 is 0 Å². The lowest BCUT2D eigenvalue weighted by Gasteiger charge is -2.18. The summed E-state index contributed by atoms with van der Waals surface area (Å²) in [4.78, 5) is 17.7. The molecule has 0 bridgehead atoms. The van der Waals surface area contributed by atoms with Gasteiger partial charge in [0.15, 0.2) is 9.84 Å². The molecule has 1 amide bonds. The van der Waals surface area contributed by atoms with Gasteiger partial charge in [-0.15, -0.1) is 0 Å². The summed E-state index contributed by atoms with van der Waals surface area (Å²) in [5.74, 6) is 0.335. The zero-order valence-corrected chi connectivity index (χ0v) is 12.9. The molecule has 1 aromatic rings. The maximum atomic E-state index is 11.8. The number of anilines is 1. The number of rotatable bonds is 7. The molecule has 0 unspecified atom stereocenters. The second kappa shape index (κ2) is 7.23. The summed E-state index contributed by atoms with van der Waals surface area (Å²) >= 11 is 0. The Labute approximate surface area is 120 Å². The fourth-order valence-electron chi connectivity index (χ4n) is 1.84. The van der Waals surface area contributed by atoms with Crippen LogP contribution in [0.2, 0.25) is 0 Å². The first kappa shape index (κ1) is 16.4. The minimum Gasteiger partial charge on any atom is -0.368 e. The molecule has 0 fully saturated rings. The van der Waals surface area contributed by atoms with Crippen LogP contribution in [0.3, 0.4) is 0 Å². The van der Waals surface area contributed by atoms with E-state index in [1.807, 2.05) is 13.8 Å². The fourth-order valence-corrected chi connectivity index (χ4v) is 2.65. The predicted octanol–water partition coefficient (Wildman–Crippen LogP) is 1.16. The van der Waals surface area contributed by atoms with Crippen LogP contribution < -0.4 is 5.32 Å². The van der Waals surface area contributed by atoms with Gasteiger partial charge in [0.1, 0.15) is 10.7 Å². The predicted molar refractivity (Wildman–Crippen MR) is 78.4 cm³/mol. The van der Waals surface area contributed by atoms with Crippen molar-refractivity contribution in [1.29, 1.82) is 0 Å². The molecule has 7 heteroatoms. The number of nitrogens with zero attached hydrogens (tertiary/aromatic N) is 2. The lowest BCUT2D eigenvalue weighted by Crippen LogP contribution is -2.31. The Morgan fingerprint density at radius 1 is 1.35 bits per heavy atom. The van der Waals surface area contributed by atoms with Crippen molar-refractivity contribution in [2.45, 2.75) is 25.2 Å². The zero-order chi connectivity index (χ0) is 15.2. The molecule has 1 N–H and O–H groups in total. The van der Waals surface area contributed by atoms with Crippen LogP contribution in [-0.2, 0) is 14.6 Å². The van der Waals surface area contributed by atoms with Crippen LogP contribution in [0.5, 0.6) is 0 Å². The van der Waals surface area contributed by atoms with E-state index in [2.05, 4.69) is 10.3 Å². The highest BCUT2D eigenvalue weighted by atomic mass is 32.2. The average molecular weight is 299 g/mol. The molecule has 0 atom stereocenters. The molecule has 6 nitrogen and oxygen atoms in total. The molecule has 0 spiro atoms. The second-order valence-corrected chi connectivity index (χ2v) is 6.35. The number of sulfone groups is 1. The Kier molecular flexibility index (Phi) is 5.94. The van der Waals surface area contributed by atoms with Gasteiger partial charge in [0.2, 0.25) is 5.91 Å². The number of hydrogen-bond acceptors (Lipinski definition) is 5. The molecule has 1 heterocycles. The van der Waals surface area contributed by atoms with Crippen LogP contribution in [0.25, 0.3) is 0 Å². The third kappa shape index (κ3) is 4.48. The minimum atomic E-state index is -3.33. The maximum absolute atomic E-state index is 11.8. The molecule has 20 heavy (non-hydrogen) atoms. The SMILES string of the molecule is CCN(CC)C(=O)CCNc1ncccc1S(C)(=O)=O. The van der Waals surface area contributed by atoms with E-state index in [4.69, 9.17) is 0 Å². The van der Waals surface area contributed by atoms with Crippen LogP contribution in [0, 0.1) is 0 Å². The third-order valence-corrected chi connectivity index (χ3v) is 4.05. The van der Waals surface area contributed by atoms with Crippen LogP contribution in [0.4, 0.5) is 5.82 Å². The van der Waals surface area contributed by atoms with Crippen molar-refractivity contribution in [2.75, 3.05) is 31.2 Å². The zero-order valence-electron chi connectivity index (χ0n) is 12.1. The number of amides is 1. The highest BCUT2D eigenvalue weighted by Crippen LogP contribution is 2.17. The van der Waals surface area contributed by atoms with E-state index in [9.17, 15) is 13.2 Å². The van der Waals surface area contributed by atoms with Crippen LogP contribution >= 0.6 is 0 Å². The number of carbonyl (C=O) groups excluding carboxylic acids is 1. The van der Waals surface area contributed by atoms with Gasteiger partial charge in [-0.3, -0.25) is 4.79 Å². The normalized spacial score (nSPS) is 11.2. The molecule has 0 aliphatic rings. The maximum Gasteiger partial charge on any atom is 0.224 e. The largest absolute Gasteiger partial charge is 0.368 e. The molecule has 0 saturated heterocycles. The van der Waals surface area contributed by atoms with E-state index < -0.39 is 9.84 Å². The molecule has 0 aromatic carbocycles. The number of pyridine rings is 1. The van der Waals surface area contributed by atoms with Gasteiger partial charge in [0.25, 0.3) is 0 Å². The first-order valence-corrected chi connectivity index (χ1v) is 8.46. The highest BCUT2D eigenvalue weighted by molar-refractivity contribution is 7.90.